The van der Waals surface area contributed by atoms with Crippen molar-refractivity contribution < 1.29 is 9.21 Å². The van der Waals surface area contributed by atoms with Crippen LogP contribution in [0.15, 0.2) is 16.5 Å². The third-order valence-corrected chi connectivity index (χ3v) is 3.18. The van der Waals surface area contributed by atoms with Crippen molar-refractivity contribution in [3.8, 4) is 0 Å². The van der Waals surface area contributed by atoms with Gasteiger partial charge in [-0.3, -0.25) is 4.79 Å². The zero-order valence-corrected chi connectivity index (χ0v) is 11.8. The summed E-state index contributed by atoms with van der Waals surface area (Å²) in [6.45, 7) is 5.79. The van der Waals surface area contributed by atoms with E-state index >= 15 is 0 Å². The van der Waals surface area contributed by atoms with Crippen LogP contribution in [-0.4, -0.2) is 16.9 Å². The highest BCUT2D eigenvalue weighted by Crippen LogP contribution is 2.30. The predicted octanol–water partition coefficient (Wildman–Crippen LogP) is 2.89. The van der Waals surface area contributed by atoms with E-state index in [0.717, 1.165) is 5.56 Å². The minimum Gasteiger partial charge on any atom is -0.422 e. The molecule has 1 amide bonds. The Hall–Kier alpha value is -1.75. The van der Waals surface area contributed by atoms with Crippen LogP contribution in [0.2, 0.25) is 5.02 Å². The number of aromatic nitrogens is 1. The third kappa shape index (κ3) is 2.81. The molecule has 0 aliphatic rings. The number of primary amides is 1. The van der Waals surface area contributed by atoms with Crippen LogP contribution < -0.4 is 11.1 Å². The molecule has 6 heteroatoms. The second-order valence-electron chi connectivity index (χ2n) is 4.79. The van der Waals surface area contributed by atoms with Crippen LogP contribution in [0.25, 0.3) is 11.1 Å². The summed E-state index contributed by atoms with van der Waals surface area (Å²) >= 11 is 6.17. The Labute approximate surface area is 116 Å². The lowest BCUT2D eigenvalue weighted by molar-refractivity contribution is -0.118. The smallest absolute Gasteiger partial charge is 0.296 e. The van der Waals surface area contributed by atoms with Crippen molar-refractivity contribution in [2.24, 2.45) is 5.73 Å². The molecule has 0 radical (unpaired) electrons. The van der Waals surface area contributed by atoms with Crippen LogP contribution in [0.5, 0.6) is 0 Å². The highest BCUT2D eigenvalue weighted by molar-refractivity contribution is 6.34. The maximum absolute atomic E-state index is 11.0. The molecule has 2 aromatic rings. The number of hydrogen-bond acceptors (Lipinski definition) is 4. The lowest BCUT2D eigenvalue weighted by Gasteiger charge is -2.06. The predicted molar refractivity (Wildman–Crippen MR) is 75.4 cm³/mol. The SMILES string of the molecule is CC(C)c1cc(Cl)c2oc(N[C@@H](C)C(N)=O)nc2c1. The molecule has 0 unspecified atom stereocenters. The summed E-state index contributed by atoms with van der Waals surface area (Å²) in [6, 6.07) is 3.47. The van der Waals surface area contributed by atoms with Crippen LogP contribution in [-0.2, 0) is 4.79 Å². The quantitative estimate of drug-likeness (QED) is 0.903. The minimum absolute atomic E-state index is 0.240. The molecule has 0 saturated heterocycles. The second kappa shape index (κ2) is 5.09. The molecule has 0 spiro atoms. The number of rotatable bonds is 4. The number of nitrogens with one attached hydrogen (secondary N) is 1. The summed E-state index contributed by atoms with van der Waals surface area (Å²) in [5, 5.41) is 3.30. The average molecular weight is 282 g/mol. The first-order valence-electron chi connectivity index (χ1n) is 6.04. The van der Waals surface area contributed by atoms with Gasteiger partial charge in [0.25, 0.3) is 6.01 Å². The number of nitrogens with zero attached hydrogens (tertiary/aromatic N) is 1. The van der Waals surface area contributed by atoms with Gasteiger partial charge in [-0.25, -0.2) is 0 Å². The van der Waals surface area contributed by atoms with Gasteiger partial charge in [-0.2, -0.15) is 4.98 Å². The molecule has 0 aliphatic carbocycles. The first-order valence-corrected chi connectivity index (χ1v) is 6.42. The van der Waals surface area contributed by atoms with Crippen molar-refractivity contribution in [1.29, 1.82) is 0 Å². The zero-order valence-electron chi connectivity index (χ0n) is 11.0. The molecular weight excluding hydrogens is 266 g/mol. The molecule has 102 valence electrons. The highest BCUT2D eigenvalue weighted by atomic mass is 35.5. The van der Waals surface area contributed by atoms with Crippen molar-refractivity contribution in [3.63, 3.8) is 0 Å². The number of oxazole rings is 1. The highest BCUT2D eigenvalue weighted by Gasteiger charge is 2.15. The number of nitrogens with two attached hydrogens (primary N) is 1. The molecule has 1 atom stereocenters. The van der Waals surface area contributed by atoms with Gasteiger partial charge in [0.15, 0.2) is 5.58 Å². The minimum atomic E-state index is -0.559. The van der Waals surface area contributed by atoms with Gasteiger partial charge in [0.1, 0.15) is 11.6 Å². The van der Waals surface area contributed by atoms with Crippen molar-refractivity contribution in [1.82, 2.24) is 4.98 Å². The van der Waals surface area contributed by atoms with E-state index in [1.165, 1.54) is 0 Å². The largest absolute Gasteiger partial charge is 0.422 e. The van der Waals surface area contributed by atoms with Crippen LogP contribution in [0, 0.1) is 0 Å². The fourth-order valence-electron chi connectivity index (χ4n) is 1.66. The topological polar surface area (TPSA) is 81.1 Å². The van der Waals surface area contributed by atoms with Crippen molar-refractivity contribution in [2.75, 3.05) is 5.32 Å². The van der Waals surface area contributed by atoms with E-state index < -0.39 is 11.9 Å². The number of carbonyl (C=O) groups is 1. The maximum atomic E-state index is 11.0. The standard InChI is InChI=1S/C13H16ClN3O2/c1-6(2)8-4-9(14)11-10(5-8)17-13(19-11)16-7(3)12(15)18/h4-7H,1-3H3,(H2,15,18)(H,16,17)/t7-/m0/s1. The van der Waals surface area contributed by atoms with E-state index in [1.807, 2.05) is 12.1 Å². The Morgan fingerprint density at radius 2 is 2.11 bits per heavy atom. The van der Waals surface area contributed by atoms with E-state index in [1.54, 1.807) is 6.92 Å². The van der Waals surface area contributed by atoms with E-state index in [0.29, 0.717) is 22.0 Å². The van der Waals surface area contributed by atoms with Crippen molar-refractivity contribution in [3.05, 3.63) is 22.7 Å². The van der Waals surface area contributed by atoms with Crippen LogP contribution in [0.1, 0.15) is 32.3 Å². The molecular formula is C13H16ClN3O2. The summed E-state index contributed by atoms with van der Waals surface area (Å²) in [6.07, 6.45) is 0. The van der Waals surface area contributed by atoms with Gasteiger partial charge < -0.3 is 15.5 Å². The Bertz CT molecular complexity index is 622. The fourth-order valence-corrected chi connectivity index (χ4v) is 1.93. The van der Waals surface area contributed by atoms with Gasteiger partial charge in [-0.1, -0.05) is 25.4 Å². The maximum Gasteiger partial charge on any atom is 0.296 e. The first-order chi connectivity index (χ1) is 8.88. The summed E-state index contributed by atoms with van der Waals surface area (Å²) in [4.78, 5) is 15.3. The molecule has 0 fully saturated rings. The molecule has 0 saturated carbocycles. The van der Waals surface area contributed by atoms with Gasteiger partial charge in [0.2, 0.25) is 5.91 Å². The van der Waals surface area contributed by atoms with Crippen LogP contribution >= 0.6 is 11.6 Å². The molecule has 1 aromatic heterocycles. The van der Waals surface area contributed by atoms with Gasteiger partial charge in [-0.15, -0.1) is 0 Å². The number of benzene rings is 1. The van der Waals surface area contributed by atoms with Crippen molar-refractivity contribution in [2.45, 2.75) is 32.7 Å². The number of halogens is 1. The molecule has 1 aromatic carbocycles. The average Bonchev–Trinajstić information content (AvgIpc) is 2.71. The molecule has 3 N–H and O–H groups in total. The van der Waals surface area contributed by atoms with E-state index in [-0.39, 0.29) is 6.01 Å². The van der Waals surface area contributed by atoms with Gasteiger partial charge >= 0.3 is 0 Å². The fraction of sp³-hybridized carbons (Fsp3) is 0.385. The number of carbonyl (C=O) groups excluding carboxylic acids is 1. The number of hydrogen-bond donors (Lipinski definition) is 2. The van der Waals surface area contributed by atoms with E-state index in [4.69, 9.17) is 21.8 Å². The third-order valence-electron chi connectivity index (χ3n) is 2.90. The van der Waals surface area contributed by atoms with E-state index in [2.05, 4.69) is 24.1 Å². The second-order valence-corrected chi connectivity index (χ2v) is 5.20. The normalized spacial score (nSPS) is 12.9. The summed E-state index contributed by atoms with van der Waals surface area (Å²) < 4.78 is 5.49. The molecule has 0 bridgehead atoms. The summed E-state index contributed by atoms with van der Waals surface area (Å²) in [7, 11) is 0. The zero-order chi connectivity index (χ0) is 14.2. The monoisotopic (exact) mass is 281 g/mol. The molecule has 2 rings (SSSR count). The lowest BCUT2D eigenvalue weighted by atomic mass is 10.0. The Morgan fingerprint density at radius 1 is 1.42 bits per heavy atom. The first kappa shape index (κ1) is 13.7. The molecule has 19 heavy (non-hydrogen) atoms. The Morgan fingerprint density at radius 3 is 2.68 bits per heavy atom. The number of fused-ring (bicyclic) bond motifs is 1. The molecule has 1 heterocycles. The van der Waals surface area contributed by atoms with Gasteiger partial charge in [0.05, 0.1) is 5.02 Å². The Balaban J connectivity index is 2.40. The van der Waals surface area contributed by atoms with Crippen molar-refractivity contribution >= 4 is 34.6 Å². The number of amides is 1. The van der Waals surface area contributed by atoms with E-state index in [9.17, 15) is 4.79 Å². The summed E-state index contributed by atoms with van der Waals surface area (Å²) in [5.41, 5.74) is 7.43. The van der Waals surface area contributed by atoms with Crippen LogP contribution in [0.4, 0.5) is 6.01 Å². The summed E-state index contributed by atoms with van der Waals surface area (Å²) in [5.74, 6) is -0.129. The van der Waals surface area contributed by atoms with Gasteiger partial charge in [0, 0.05) is 0 Å². The molecule has 5 nitrogen and oxygen atoms in total. The van der Waals surface area contributed by atoms with Crippen LogP contribution in [0.3, 0.4) is 0 Å². The lowest BCUT2D eigenvalue weighted by Crippen LogP contribution is -2.32. The van der Waals surface area contributed by atoms with Gasteiger partial charge in [-0.05, 0) is 30.5 Å². The number of anilines is 1. The Kier molecular flexibility index (Phi) is 3.66. The molecule has 0 aliphatic heterocycles.